The van der Waals surface area contributed by atoms with Gasteiger partial charge in [0.05, 0.1) is 0 Å². The summed E-state index contributed by atoms with van der Waals surface area (Å²) in [6, 6.07) is 6.04. The molecule has 7 heteroatoms. The zero-order chi connectivity index (χ0) is 16.4. The SMILES string of the molecule is O=C(c1csc(-c2ccsc2)n1)N1CCN(c2ccncc2)CC1. The van der Waals surface area contributed by atoms with Crippen LogP contribution in [0.4, 0.5) is 5.69 Å². The lowest BCUT2D eigenvalue weighted by Crippen LogP contribution is -2.48. The van der Waals surface area contributed by atoms with Gasteiger partial charge in [-0.1, -0.05) is 0 Å². The first-order valence-corrected chi connectivity index (χ1v) is 9.56. The molecule has 0 aliphatic carbocycles. The Hall–Kier alpha value is -2.25. The van der Waals surface area contributed by atoms with Crippen molar-refractivity contribution >= 4 is 34.3 Å². The second-order valence-corrected chi connectivity index (χ2v) is 7.17. The molecule has 0 N–H and O–H groups in total. The van der Waals surface area contributed by atoms with Gasteiger partial charge in [-0.05, 0) is 23.6 Å². The summed E-state index contributed by atoms with van der Waals surface area (Å²) in [5, 5.41) is 6.86. The molecule has 3 aromatic heterocycles. The maximum absolute atomic E-state index is 12.7. The van der Waals surface area contributed by atoms with Crippen LogP contribution in [0.3, 0.4) is 0 Å². The fourth-order valence-electron chi connectivity index (χ4n) is 2.78. The van der Waals surface area contributed by atoms with E-state index in [2.05, 4.69) is 20.2 Å². The third-order valence-corrected chi connectivity index (χ3v) is 5.66. The Balaban J connectivity index is 1.41. The number of amides is 1. The maximum Gasteiger partial charge on any atom is 0.273 e. The van der Waals surface area contributed by atoms with E-state index in [0.717, 1.165) is 29.3 Å². The third kappa shape index (κ3) is 3.05. The van der Waals surface area contributed by atoms with Crippen LogP contribution < -0.4 is 4.90 Å². The van der Waals surface area contributed by atoms with Gasteiger partial charge in [0.1, 0.15) is 10.7 Å². The maximum atomic E-state index is 12.7. The van der Waals surface area contributed by atoms with Gasteiger partial charge >= 0.3 is 0 Å². The van der Waals surface area contributed by atoms with E-state index in [1.54, 1.807) is 23.7 Å². The van der Waals surface area contributed by atoms with E-state index in [9.17, 15) is 4.79 Å². The van der Waals surface area contributed by atoms with Crippen LogP contribution >= 0.6 is 22.7 Å². The van der Waals surface area contributed by atoms with Crippen molar-refractivity contribution in [2.24, 2.45) is 0 Å². The van der Waals surface area contributed by atoms with Gasteiger partial charge in [-0.3, -0.25) is 9.78 Å². The minimum Gasteiger partial charge on any atom is -0.368 e. The van der Waals surface area contributed by atoms with Crippen LogP contribution in [0, 0.1) is 0 Å². The van der Waals surface area contributed by atoms with Crippen molar-refractivity contribution in [1.82, 2.24) is 14.9 Å². The number of hydrogen-bond donors (Lipinski definition) is 0. The topological polar surface area (TPSA) is 49.3 Å². The number of thiazole rings is 1. The predicted octanol–water partition coefficient (Wildman–Crippen LogP) is 3.23. The van der Waals surface area contributed by atoms with Gasteiger partial charge in [0.2, 0.25) is 0 Å². The number of thiophene rings is 1. The lowest BCUT2D eigenvalue weighted by molar-refractivity contribution is 0.0742. The number of carbonyl (C=O) groups is 1. The molecule has 0 unspecified atom stereocenters. The molecule has 0 atom stereocenters. The first-order valence-electron chi connectivity index (χ1n) is 7.73. The number of rotatable bonds is 3. The molecule has 5 nitrogen and oxygen atoms in total. The first kappa shape index (κ1) is 15.3. The zero-order valence-corrected chi connectivity index (χ0v) is 14.6. The standard InChI is InChI=1S/C17H16N4OS2/c22-17(15-12-24-16(19-15)13-3-10-23-11-13)21-8-6-20(7-9-21)14-1-4-18-5-2-14/h1-5,10-12H,6-9H2. The van der Waals surface area contributed by atoms with Crippen LogP contribution in [0.1, 0.15) is 10.5 Å². The van der Waals surface area contributed by atoms with Crippen LogP contribution in [-0.4, -0.2) is 47.0 Å². The van der Waals surface area contributed by atoms with E-state index in [0.29, 0.717) is 18.8 Å². The molecule has 1 aliphatic heterocycles. The summed E-state index contributed by atoms with van der Waals surface area (Å²) in [4.78, 5) is 25.4. The van der Waals surface area contributed by atoms with Gasteiger partial charge < -0.3 is 9.80 Å². The average molecular weight is 356 g/mol. The summed E-state index contributed by atoms with van der Waals surface area (Å²) in [5.74, 6) is 0.0297. The van der Waals surface area contributed by atoms with Gasteiger partial charge in [0.25, 0.3) is 5.91 Å². The molecule has 1 fully saturated rings. The fourth-order valence-corrected chi connectivity index (χ4v) is 4.28. The summed E-state index contributed by atoms with van der Waals surface area (Å²) < 4.78 is 0. The minimum atomic E-state index is 0.0297. The van der Waals surface area contributed by atoms with Gasteiger partial charge in [-0.2, -0.15) is 11.3 Å². The van der Waals surface area contributed by atoms with Crippen LogP contribution in [0.5, 0.6) is 0 Å². The molecule has 4 rings (SSSR count). The Morgan fingerprint density at radius 2 is 1.83 bits per heavy atom. The molecule has 122 valence electrons. The van der Waals surface area contributed by atoms with E-state index >= 15 is 0 Å². The Kier molecular flexibility index (Phi) is 4.27. The Labute approximate surface area is 148 Å². The van der Waals surface area contributed by atoms with Gasteiger partial charge in [0, 0.05) is 60.6 Å². The fraction of sp³-hybridized carbons (Fsp3) is 0.235. The van der Waals surface area contributed by atoms with Gasteiger partial charge in [-0.25, -0.2) is 4.98 Å². The van der Waals surface area contributed by atoms with Crippen LogP contribution in [0.25, 0.3) is 10.6 Å². The van der Waals surface area contributed by atoms with E-state index in [-0.39, 0.29) is 5.91 Å². The molecular formula is C17H16N4OS2. The van der Waals surface area contributed by atoms with E-state index in [4.69, 9.17) is 0 Å². The predicted molar refractivity (Wildman–Crippen MR) is 97.8 cm³/mol. The molecule has 1 saturated heterocycles. The van der Waals surface area contributed by atoms with Crippen molar-refractivity contribution in [3.8, 4) is 10.6 Å². The molecule has 0 spiro atoms. The van der Waals surface area contributed by atoms with E-state index in [1.807, 2.05) is 33.9 Å². The normalized spacial score (nSPS) is 14.8. The average Bonchev–Trinajstić information content (AvgIpc) is 3.33. The second kappa shape index (κ2) is 6.70. The van der Waals surface area contributed by atoms with Crippen molar-refractivity contribution in [2.75, 3.05) is 31.1 Å². The smallest absolute Gasteiger partial charge is 0.273 e. The quantitative estimate of drug-likeness (QED) is 0.723. The van der Waals surface area contributed by atoms with Gasteiger partial charge in [0.15, 0.2) is 0 Å². The van der Waals surface area contributed by atoms with Crippen molar-refractivity contribution in [3.05, 3.63) is 52.4 Å². The lowest BCUT2D eigenvalue weighted by atomic mass is 10.2. The monoisotopic (exact) mass is 356 g/mol. The zero-order valence-electron chi connectivity index (χ0n) is 13.0. The molecule has 0 bridgehead atoms. The van der Waals surface area contributed by atoms with Gasteiger partial charge in [-0.15, -0.1) is 11.3 Å². The molecule has 24 heavy (non-hydrogen) atoms. The highest BCUT2D eigenvalue weighted by molar-refractivity contribution is 7.14. The largest absolute Gasteiger partial charge is 0.368 e. The molecule has 0 saturated carbocycles. The molecule has 0 aromatic carbocycles. The molecule has 0 radical (unpaired) electrons. The number of aromatic nitrogens is 2. The van der Waals surface area contributed by atoms with E-state index < -0.39 is 0 Å². The number of anilines is 1. The summed E-state index contributed by atoms with van der Waals surface area (Å²) in [6.45, 7) is 3.09. The second-order valence-electron chi connectivity index (χ2n) is 5.53. The summed E-state index contributed by atoms with van der Waals surface area (Å²) in [7, 11) is 0. The first-order chi connectivity index (χ1) is 11.8. The summed E-state index contributed by atoms with van der Waals surface area (Å²) >= 11 is 3.17. The summed E-state index contributed by atoms with van der Waals surface area (Å²) in [6.07, 6.45) is 3.60. The van der Waals surface area contributed by atoms with Crippen molar-refractivity contribution in [2.45, 2.75) is 0 Å². The Morgan fingerprint density at radius 1 is 1.04 bits per heavy atom. The number of carbonyl (C=O) groups excluding carboxylic acids is 1. The Bertz CT molecular complexity index is 808. The number of pyridine rings is 1. The molecule has 3 aromatic rings. The number of nitrogens with zero attached hydrogens (tertiary/aromatic N) is 4. The summed E-state index contributed by atoms with van der Waals surface area (Å²) in [5.41, 5.74) is 2.80. The molecular weight excluding hydrogens is 340 g/mol. The number of hydrogen-bond acceptors (Lipinski definition) is 6. The van der Waals surface area contributed by atoms with Crippen LogP contribution in [0.15, 0.2) is 46.7 Å². The minimum absolute atomic E-state index is 0.0297. The van der Waals surface area contributed by atoms with Crippen molar-refractivity contribution in [3.63, 3.8) is 0 Å². The Morgan fingerprint density at radius 3 is 2.54 bits per heavy atom. The van der Waals surface area contributed by atoms with E-state index in [1.165, 1.54) is 11.3 Å². The highest BCUT2D eigenvalue weighted by Crippen LogP contribution is 2.26. The van der Waals surface area contributed by atoms with Crippen LogP contribution in [-0.2, 0) is 0 Å². The molecule has 4 heterocycles. The van der Waals surface area contributed by atoms with Crippen LogP contribution in [0.2, 0.25) is 0 Å². The highest BCUT2D eigenvalue weighted by Gasteiger charge is 2.24. The molecule has 1 aliphatic rings. The molecule has 1 amide bonds. The third-order valence-electron chi connectivity index (χ3n) is 4.09. The van der Waals surface area contributed by atoms with Crippen molar-refractivity contribution in [1.29, 1.82) is 0 Å². The highest BCUT2D eigenvalue weighted by atomic mass is 32.1. The number of piperazine rings is 1. The van der Waals surface area contributed by atoms with Crippen molar-refractivity contribution < 1.29 is 4.79 Å². The lowest BCUT2D eigenvalue weighted by Gasteiger charge is -2.35.